The second kappa shape index (κ2) is 4.45. The maximum absolute atomic E-state index is 10.7. The maximum atomic E-state index is 10.7. The van der Waals surface area contributed by atoms with Crippen molar-refractivity contribution in [2.75, 3.05) is 0 Å². The van der Waals surface area contributed by atoms with Gasteiger partial charge in [0.25, 0.3) is 0 Å². The van der Waals surface area contributed by atoms with E-state index in [2.05, 4.69) is 4.98 Å². The van der Waals surface area contributed by atoms with Crippen LogP contribution in [0, 0.1) is 6.92 Å². The quantitative estimate of drug-likeness (QED) is 0.856. The lowest BCUT2D eigenvalue weighted by Crippen LogP contribution is -1.94. The highest BCUT2D eigenvalue weighted by molar-refractivity contribution is 7.99. The van der Waals surface area contributed by atoms with E-state index in [0.717, 1.165) is 9.79 Å². The minimum atomic E-state index is -0.934. The summed E-state index contributed by atoms with van der Waals surface area (Å²) in [7, 11) is 0. The summed E-state index contributed by atoms with van der Waals surface area (Å²) in [6.45, 7) is 2.03. The predicted molar refractivity (Wildman–Crippen MR) is 63.1 cm³/mol. The van der Waals surface area contributed by atoms with Gasteiger partial charge in [-0.2, -0.15) is 0 Å². The summed E-state index contributed by atoms with van der Waals surface area (Å²) in [6, 6.07) is 9.65. The molecule has 0 unspecified atom stereocenters. The van der Waals surface area contributed by atoms with Gasteiger partial charge in [0.1, 0.15) is 5.69 Å². The first-order valence-corrected chi connectivity index (χ1v) is 5.63. The van der Waals surface area contributed by atoms with Crippen molar-refractivity contribution >= 4 is 17.7 Å². The van der Waals surface area contributed by atoms with Gasteiger partial charge in [-0.25, -0.2) is 4.79 Å². The number of hydrogen-bond donors (Lipinski definition) is 2. The molecule has 0 aliphatic heterocycles. The monoisotopic (exact) mass is 233 g/mol. The summed E-state index contributed by atoms with van der Waals surface area (Å²) in [4.78, 5) is 15.5. The molecule has 4 heteroatoms. The van der Waals surface area contributed by atoms with Crippen molar-refractivity contribution < 1.29 is 9.90 Å². The number of nitrogens with one attached hydrogen (secondary N) is 1. The molecule has 16 heavy (non-hydrogen) atoms. The fraction of sp³-hybridized carbons (Fsp3) is 0.0833. The van der Waals surface area contributed by atoms with E-state index in [9.17, 15) is 4.79 Å². The van der Waals surface area contributed by atoms with Gasteiger partial charge in [-0.05, 0) is 24.6 Å². The number of carboxylic acids is 1. The van der Waals surface area contributed by atoms with Crippen LogP contribution in [-0.2, 0) is 0 Å². The van der Waals surface area contributed by atoms with Gasteiger partial charge in [-0.15, -0.1) is 0 Å². The Balaban J connectivity index is 2.21. The van der Waals surface area contributed by atoms with E-state index in [-0.39, 0.29) is 5.69 Å². The molecule has 1 heterocycles. The van der Waals surface area contributed by atoms with E-state index < -0.39 is 5.97 Å². The Bertz CT molecular complexity index is 519. The number of aryl methyl sites for hydroxylation is 1. The zero-order valence-corrected chi connectivity index (χ0v) is 9.54. The molecule has 1 aromatic heterocycles. The smallest absolute Gasteiger partial charge is 0.352 e. The van der Waals surface area contributed by atoms with Gasteiger partial charge in [0.2, 0.25) is 0 Å². The van der Waals surface area contributed by atoms with Gasteiger partial charge >= 0.3 is 5.97 Å². The molecule has 0 saturated heterocycles. The third kappa shape index (κ3) is 2.28. The van der Waals surface area contributed by atoms with E-state index >= 15 is 0 Å². The highest BCUT2D eigenvalue weighted by Crippen LogP contribution is 2.30. The second-order valence-electron chi connectivity index (χ2n) is 3.42. The molecule has 2 N–H and O–H groups in total. The number of carboxylic acid groups (broad SMARTS) is 1. The van der Waals surface area contributed by atoms with E-state index in [0.29, 0.717) is 0 Å². The molecule has 2 rings (SSSR count). The molecule has 0 atom stereocenters. The Hall–Kier alpha value is -1.68. The zero-order valence-electron chi connectivity index (χ0n) is 8.73. The lowest BCUT2D eigenvalue weighted by molar-refractivity contribution is 0.0691. The van der Waals surface area contributed by atoms with Gasteiger partial charge in [0, 0.05) is 16.0 Å². The molecule has 1 aromatic carbocycles. The SMILES string of the molecule is Cc1ccccc1Sc1c[nH]c(C(=O)O)c1. The van der Waals surface area contributed by atoms with E-state index in [1.165, 1.54) is 5.56 Å². The van der Waals surface area contributed by atoms with Crippen molar-refractivity contribution in [2.45, 2.75) is 16.7 Å². The molecular weight excluding hydrogens is 222 g/mol. The van der Waals surface area contributed by atoms with Gasteiger partial charge in [0.15, 0.2) is 0 Å². The van der Waals surface area contributed by atoms with Crippen molar-refractivity contribution in [1.29, 1.82) is 0 Å². The molecule has 0 spiro atoms. The molecule has 0 bridgehead atoms. The summed E-state index contributed by atoms with van der Waals surface area (Å²) in [5.74, 6) is -0.934. The van der Waals surface area contributed by atoms with Crippen LogP contribution >= 0.6 is 11.8 Å². The van der Waals surface area contributed by atoms with Gasteiger partial charge in [-0.1, -0.05) is 30.0 Å². The first-order valence-electron chi connectivity index (χ1n) is 4.82. The van der Waals surface area contributed by atoms with Crippen LogP contribution in [0.5, 0.6) is 0 Å². The molecule has 0 aliphatic carbocycles. The van der Waals surface area contributed by atoms with Gasteiger partial charge < -0.3 is 10.1 Å². The lowest BCUT2D eigenvalue weighted by Gasteiger charge is -2.01. The van der Waals surface area contributed by atoms with Crippen molar-refractivity contribution in [3.63, 3.8) is 0 Å². The molecule has 3 nitrogen and oxygen atoms in total. The van der Waals surface area contributed by atoms with E-state index in [1.54, 1.807) is 24.0 Å². The fourth-order valence-electron chi connectivity index (χ4n) is 1.35. The largest absolute Gasteiger partial charge is 0.477 e. The molecule has 2 aromatic rings. The van der Waals surface area contributed by atoms with Crippen LogP contribution in [0.3, 0.4) is 0 Å². The highest BCUT2D eigenvalue weighted by Gasteiger charge is 2.07. The number of benzene rings is 1. The molecule has 0 saturated carbocycles. The molecular formula is C12H11NO2S. The van der Waals surface area contributed by atoms with Crippen LogP contribution in [0.1, 0.15) is 16.1 Å². The van der Waals surface area contributed by atoms with Crippen molar-refractivity contribution in [3.05, 3.63) is 47.8 Å². The first kappa shape index (κ1) is 10.8. The predicted octanol–water partition coefficient (Wildman–Crippen LogP) is 3.17. The third-order valence-corrected chi connectivity index (χ3v) is 3.36. The van der Waals surface area contributed by atoms with Crippen LogP contribution in [0.15, 0.2) is 46.3 Å². The molecule has 0 radical (unpaired) electrons. The average Bonchev–Trinajstić information content (AvgIpc) is 2.70. The Morgan fingerprint density at radius 3 is 2.75 bits per heavy atom. The number of rotatable bonds is 3. The first-order chi connectivity index (χ1) is 7.66. The Morgan fingerprint density at radius 2 is 2.12 bits per heavy atom. The summed E-state index contributed by atoms with van der Waals surface area (Å²) >= 11 is 1.56. The summed E-state index contributed by atoms with van der Waals surface area (Å²) < 4.78 is 0. The van der Waals surface area contributed by atoms with E-state index in [1.807, 2.05) is 31.2 Å². The highest BCUT2D eigenvalue weighted by atomic mass is 32.2. The van der Waals surface area contributed by atoms with Crippen LogP contribution in [0.2, 0.25) is 0 Å². The number of hydrogen-bond acceptors (Lipinski definition) is 2. The Kier molecular flexibility index (Phi) is 3.01. The number of aromatic nitrogens is 1. The summed E-state index contributed by atoms with van der Waals surface area (Å²) in [5, 5.41) is 8.78. The minimum Gasteiger partial charge on any atom is -0.477 e. The maximum Gasteiger partial charge on any atom is 0.352 e. The standard InChI is InChI=1S/C12H11NO2S/c1-8-4-2-3-5-11(8)16-9-6-10(12(14)15)13-7-9/h2-7,13H,1H3,(H,14,15). The van der Waals surface area contributed by atoms with Crippen LogP contribution in [0.25, 0.3) is 0 Å². The Morgan fingerprint density at radius 1 is 1.38 bits per heavy atom. The number of aromatic carboxylic acids is 1. The topological polar surface area (TPSA) is 53.1 Å². The normalized spacial score (nSPS) is 10.3. The lowest BCUT2D eigenvalue weighted by atomic mass is 10.2. The van der Waals surface area contributed by atoms with Crippen molar-refractivity contribution in [1.82, 2.24) is 4.98 Å². The minimum absolute atomic E-state index is 0.219. The molecule has 0 amide bonds. The molecule has 0 fully saturated rings. The average molecular weight is 233 g/mol. The van der Waals surface area contributed by atoms with E-state index in [4.69, 9.17) is 5.11 Å². The second-order valence-corrected chi connectivity index (χ2v) is 4.54. The number of H-pyrrole nitrogens is 1. The molecule has 82 valence electrons. The summed E-state index contributed by atoms with van der Waals surface area (Å²) in [6.07, 6.45) is 1.71. The van der Waals surface area contributed by atoms with Crippen LogP contribution < -0.4 is 0 Å². The van der Waals surface area contributed by atoms with Crippen molar-refractivity contribution in [3.8, 4) is 0 Å². The Labute approximate surface area is 97.5 Å². The van der Waals surface area contributed by atoms with Crippen molar-refractivity contribution in [2.24, 2.45) is 0 Å². The van der Waals surface area contributed by atoms with Crippen LogP contribution in [-0.4, -0.2) is 16.1 Å². The van der Waals surface area contributed by atoms with Gasteiger partial charge in [0.05, 0.1) is 0 Å². The fourth-order valence-corrected chi connectivity index (χ4v) is 2.28. The van der Waals surface area contributed by atoms with Gasteiger partial charge in [-0.3, -0.25) is 0 Å². The number of aromatic amines is 1. The summed E-state index contributed by atoms with van der Waals surface area (Å²) in [5.41, 5.74) is 1.40. The third-order valence-electron chi connectivity index (χ3n) is 2.21. The number of carbonyl (C=O) groups is 1. The molecule has 0 aliphatic rings. The van der Waals surface area contributed by atoms with Crippen LogP contribution in [0.4, 0.5) is 0 Å². The zero-order chi connectivity index (χ0) is 11.5.